The number of hydrogen-bond donors (Lipinski definition) is 0. The maximum atomic E-state index is 4.16. The Balaban J connectivity index is -0.0000000441. The van der Waals surface area contributed by atoms with Crippen molar-refractivity contribution in [3.63, 3.8) is 0 Å². The molecule has 0 bridgehead atoms. The van der Waals surface area contributed by atoms with E-state index in [0.29, 0.717) is 31.7 Å². The van der Waals surface area contributed by atoms with Crippen molar-refractivity contribution in [2.24, 2.45) is 0 Å². The van der Waals surface area contributed by atoms with Crippen LogP contribution in [0, 0.1) is 0 Å². The van der Waals surface area contributed by atoms with Crippen molar-refractivity contribution in [2.45, 2.75) is 83.1 Å². The minimum atomic E-state index is 0.446. The minimum absolute atomic E-state index is 0.446. The fourth-order valence-corrected chi connectivity index (χ4v) is 8.05. The molecule has 0 rings (SSSR count). The fraction of sp³-hybridized carbons (Fsp3) is 1.00. The summed E-state index contributed by atoms with van der Waals surface area (Å²) in [5, 5.41) is 0. The van der Waals surface area contributed by atoms with E-state index in [1.54, 1.807) is 81.4 Å². The van der Waals surface area contributed by atoms with Gasteiger partial charge in [0.2, 0.25) is 0 Å². The molecule has 0 aromatic carbocycles. The first kappa shape index (κ1) is 61.7. The molecule has 0 unspecified atom stereocenters. The Kier molecular flexibility index (Phi) is 126. The van der Waals surface area contributed by atoms with E-state index in [2.05, 4.69) is 134 Å². The molecule has 12 heteroatoms. The summed E-state index contributed by atoms with van der Waals surface area (Å²) in [6.07, 6.45) is 17.0. The van der Waals surface area contributed by atoms with Gasteiger partial charge in [-0.1, -0.05) is 83.1 Å². The molecule has 0 aliphatic heterocycles. The van der Waals surface area contributed by atoms with Gasteiger partial charge in [0.05, 0.1) is 0 Å². The van der Waals surface area contributed by atoms with Gasteiger partial charge in [-0.25, -0.2) is 0 Å². The van der Waals surface area contributed by atoms with Crippen molar-refractivity contribution in [1.29, 1.82) is 0 Å². The molecule has 0 aliphatic rings. The zero-order valence-corrected chi connectivity index (χ0v) is 41.0. The van der Waals surface area contributed by atoms with Gasteiger partial charge in [0, 0.05) is 0 Å². The molecule has 0 nitrogen and oxygen atoms in total. The van der Waals surface area contributed by atoms with Crippen LogP contribution in [0.25, 0.3) is 0 Å². The predicted octanol–water partition coefficient (Wildman–Crippen LogP) is 13.6. The third kappa shape index (κ3) is 68.1. The Hall–Kier alpha value is 6.72. The molecular formula is C24H60Cu4I4P4. The number of halogens is 4. The SMILES string of the molecule is CCP(CC)CC.CCP(CC)CC.CCP(CC)CC.CCP(CC)CC.[Cu][I].[Cu][I].[Cu][I].[Cu][I]. The zero-order valence-electron chi connectivity index (χ0n) is 25.0. The molecule has 0 saturated carbocycles. The van der Waals surface area contributed by atoms with Gasteiger partial charge in [-0.3, -0.25) is 0 Å². The molecule has 0 fully saturated rings. The first-order valence-electron chi connectivity index (χ1n) is 12.7. The normalized spacial score (nSPS) is 8.78. The van der Waals surface area contributed by atoms with Gasteiger partial charge in [-0.05, 0) is 73.9 Å². The van der Waals surface area contributed by atoms with Crippen molar-refractivity contribution >= 4 is 113 Å². The quantitative estimate of drug-likeness (QED) is 0.104. The van der Waals surface area contributed by atoms with E-state index in [-0.39, 0.29) is 0 Å². The summed E-state index contributed by atoms with van der Waals surface area (Å²) < 4.78 is 0. The molecule has 0 N–H and O–H groups in total. The van der Waals surface area contributed by atoms with Crippen LogP contribution in [-0.4, -0.2) is 73.9 Å². The molecular weight excluding hydrogens is 1170 g/mol. The maximum absolute atomic E-state index is 4.16. The van der Waals surface area contributed by atoms with E-state index >= 15 is 0 Å². The number of hydrogen-bond acceptors (Lipinski definition) is 0. The Bertz CT molecular complexity index is 186. The van der Waals surface area contributed by atoms with Crippen LogP contribution in [0.1, 0.15) is 83.1 Å². The summed E-state index contributed by atoms with van der Waals surface area (Å²) >= 11 is 23.5. The molecule has 0 spiro atoms. The van der Waals surface area contributed by atoms with E-state index < -0.39 is 0 Å². The van der Waals surface area contributed by atoms with Crippen LogP contribution in [-0.2, 0) is 51.1 Å². The van der Waals surface area contributed by atoms with Crippen molar-refractivity contribution in [3.05, 3.63) is 0 Å². The first-order valence-corrected chi connectivity index (χ1v) is 32.5. The molecule has 0 radical (unpaired) electrons. The number of rotatable bonds is 12. The second-order valence-corrected chi connectivity index (χ2v) is 19.4. The summed E-state index contributed by atoms with van der Waals surface area (Å²) in [6.45, 7) is 27.5. The van der Waals surface area contributed by atoms with Crippen LogP contribution in [0.15, 0.2) is 0 Å². The third-order valence-electron chi connectivity index (χ3n) is 5.37. The van der Waals surface area contributed by atoms with Crippen molar-refractivity contribution in [2.75, 3.05) is 73.9 Å². The van der Waals surface area contributed by atoms with Crippen LogP contribution < -0.4 is 0 Å². The monoisotopic (exact) mass is 1230 g/mol. The molecule has 248 valence electrons. The topological polar surface area (TPSA) is 0 Å². The average molecular weight is 1230 g/mol. The summed E-state index contributed by atoms with van der Waals surface area (Å²) in [5.74, 6) is 0. The van der Waals surface area contributed by atoms with Crippen LogP contribution in [0.4, 0.5) is 0 Å². The Morgan fingerprint density at radius 3 is 0.306 bits per heavy atom. The van der Waals surface area contributed by atoms with E-state index in [1.807, 2.05) is 0 Å². The van der Waals surface area contributed by atoms with Gasteiger partial charge >= 0.3 is 132 Å². The molecule has 0 atom stereocenters. The van der Waals surface area contributed by atoms with E-state index in [0.717, 1.165) is 0 Å². The molecule has 0 saturated heterocycles. The van der Waals surface area contributed by atoms with E-state index in [4.69, 9.17) is 0 Å². The fourth-order valence-electron chi connectivity index (χ4n) is 2.68. The zero-order chi connectivity index (χ0) is 30.8. The van der Waals surface area contributed by atoms with Crippen LogP contribution in [0.2, 0.25) is 0 Å². The van der Waals surface area contributed by atoms with Crippen molar-refractivity contribution in [3.8, 4) is 0 Å². The Morgan fingerprint density at radius 1 is 0.250 bits per heavy atom. The molecule has 0 heterocycles. The van der Waals surface area contributed by atoms with E-state index in [1.165, 1.54) is 73.9 Å². The predicted molar refractivity (Wildman–Crippen MR) is 210 cm³/mol. The summed E-state index contributed by atoms with van der Waals surface area (Å²) in [5.41, 5.74) is 0. The second-order valence-electron chi connectivity index (χ2n) is 6.48. The summed E-state index contributed by atoms with van der Waals surface area (Å²) in [6, 6.07) is 0. The average Bonchev–Trinajstić information content (AvgIpc) is 2.98. The Morgan fingerprint density at radius 2 is 0.306 bits per heavy atom. The van der Waals surface area contributed by atoms with Gasteiger partial charge in [0.1, 0.15) is 0 Å². The van der Waals surface area contributed by atoms with Gasteiger partial charge in [0.25, 0.3) is 0 Å². The second kappa shape index (κ2) is 73.3. The summed E-state index contributed by atoms with van der Waals surface area (Å²) in [4.78, 5) is 0. The van der Waals surface area contributed by atoms with Crippen LogP contribution >= 0.6 is 113 Å². The Labute approximate surface area is 315 Å². The van der Waals surface area contributed by atoms with E-state index in [9.17, 15) is 0 Å². The molecule has 0 aromatic heterocycles. The van der Waals surface area contributed by atoms with Gasteiger partial charge in [-0.2, -0.15) is 0 Å². The van der Waals surface area contributed by atoms with Crippen LogP contribution in [0.3, 0.4) is 0 Å². The summed E-state index contributed by atoms with van der Waals surface area (Å²) in [7, 11) is 1.78. The van der Waals surface area contributed by atoms with Gasteiger partial charge in [0.15, 0.2) is 0 Å². The standard InChI is InChI=1S/4C6H15P.4Cu.4HI/c4*1-4-7(5-2)6-3;;;;;;;;/h4*4-6H2,1-3H3;;;;;4*1H/q;;;;4*+1;;;;/p-4. The van der Waals surface area contributed by atoms with Crippen molar-refractivity contribution < 1.29 is 51.1 Å². The first-order chi connectivity index (χ1) is 17.4. The van der Waals surface area contributed by atoms with Crippen LogP contribution in [0.5, 0.6) is 0 Å². The molecule has 36 heavy (non-hydrogen) atoms. The van der Waals surface area contributed by atoms with Crippen molar-refractivity contribution in [1.82, 2.24) is 0 Å². The molecule has 0 aromatic rings. The molecule has 0 amide bonds. The third-order valence-corrected chi connectivity index (χ3v) is 16.1. The van der Waals surface area contributed by atoms with Gasteiger partial charge in [-0.15, -0.1) is 31.7 Å². The molecule has 0 aliphatic carbocycles. The van der Waals surface area contributed by atoms with Gasteiger partial charge < -0.3 is 0 Å².